The molecule has 0 bridgehead atoms. The van der Waals surface area contributed by atoms with E-state index in [9.17, 15) is 0 Å². The van der Waals surface area contributed by atoms with Gasteiger partial charge in [0, 0.05) is 12.6 Å². The molecule has 11 heavy (non-hydrogen) atoms. The van der Waals surface area contributed by atoms with Crippen molar-refractivity contribution in [1.82, 2.24) is 4.90 Å². The van der Waals surface area contributed by atoms with Gasteiger partial charge in [-0.1, -0.05) is 0 Å². The fraction of sp³-hybridized carbons (Fsp3) is 1.00. The fourth-order valence-corrected chi connectivity index (χ4v) is 1.66. The minimum absolute atomic E-state index is 0.156. The van der Waals surface area contributed by atoms with Crippen LogP contribution in [0.3, 0.4) is 0 Å². The van der Waals surface area contributed by atoms with E-state index in [4.69, 9.17) is 10.7 Å². The first-order chi connectivity index (χ1) is 5.25. The maximum absolute atomic E-state index is 5.19. The summed E-state index contributed by atoms with van der Waals surface area (Å²) in [5.41, 5.74) is 0. The van der Waals surface area contributed by atoms with Crippen molar-refractivity contribution in [3.63, 3.8) is 0 Å². The molecule has 0 aromatic heterocycles. The van der Waals surface area contributed by atoms with Gasteiger partial charge in [0.1, 0.15) is 6.23 Å². The number of nitrogens with two attached hydrogens (primary N) is 1. The molecule has 0 amide bonds. The number of hydrogen-bond donors (Lipinski definition) is 1. The Balaban J connectivity index is 2.44. The molecule has 0 spiro atoms. The largest absolute Gasteiger partial charge is 0.286 e. The zero-order chi connectivity index (χ0) is 8.27. The van der Waals surface area contributed by atoms with Gasteiger partial charge in [0.2, 0.25) is 0 Å². The molecule has 1 rings (SSSR count). The van der Waals surface area contributed by atoms with Gasteiger partial charge in [-0.25, -0.2) is 5.90 Å². The molecule has 1 aliphatic rings. The van der Waals surface area contributed by atoms with E-state index in [2.05, 4.69) is 18.7 Å². The lowest BCUT2D eigenvalue weighted by atomic mass is 10.1. The molecule has 2 N–H and O–H groups in total. The third-order valence-electron chi connectivity index (χ3n) is 2.31. The molecule has 66 valence electrons. The summed E-state index contributed by atoms with van der Waals surface area (Å²) in [6, 6.07) is 0.545. The van der Waals surface area contributed by atoms with Crippen LogP contribution in [0.4, 0.5) is 0 Å². The molecule has 0 aliphatic carbocycles. The van der Waals surface area contributed by atoms with Crippen molar-refractivity contribution in [3.8, 4) is 0 Å². The van der Waals surface area contributed by atoms with Crippen LogP contribution in [0.2, 0.25) is 0 Å². The molecule has 0 saturated carbocycles. The van der Waals surface area contributed by atoms with Crippen LogP contribution in [-0.4, -0.2) is 23.7 Å². The Morgan fingerprint density at radius 2 is 2.18 bits per heavy atom. The summed E-state index contributed by atoms with van der Waals surface area (Å²) in [4.78, 5) is 7.20. The van der Waals surface area contributed by atoms with Crippen LogP contribution in [0, 0.1) is 0 Å². The second kappa shape index (κ2) is 4.04. The van der Waals surface area contributed by atoms with Crippen molar-refractivity contribution < 1.29 is 4.84 Å². The molecule has 1 unspecified atom stereocenters. The Bertz CT molecular complexity index is 117. The Labute approximate surface area is 68.5 Å². The van der Waals surface area contributed by atoms with Crippen LogP contribution in [-0.2, 0) is 4.84 Å². The van der Waals surface area contributed by atoms with E-state index in [0.717, 1.165) is 13.0 Å². The standard InChI is InChI=1S/C8H18N2O/c1-7(2)10-6-4-3-5-8(10)11-9/h7-8H,3-6,9H2,1-2H3. The van der Waals surface area contributed by atoms with Gasteiger partial charge >= 0.3 is 0 Å². The van der Waals surface area contributed by atoms with Gasteiger partial charge in [-0.05, 0) is 33.1 Å². The number of piperidine rings is 1. The molecule has 3 heteroatoms. The lowest BCUT2D eigenvalue weighted by Gasteiger charge is -2.36. The summed E-state index contributed by atoms with van der Waals surface area (Å²) < 4.78 is 0. The monoisotopic (exact) mass is 158 g/mol. The minimum atomic E-state index is 0.156. The molecule has 3 nitrogen and oxygen atoms in total. The van der Waals surface area contributed by atoms with Crippen LogP contribution in [0.1, 0.15) is 33.1 Å². The Morgan fingerprint density at radius 3 is 2.64 bits per heavy atom. The first kappa shape index (κ1) is 8.97. The van der Waals surface area contributed by atoms with Crippen molar-refractivity contribution in [1.29, 1.82) is 0 Å². The second-order valence-corrected chi connectivity index (χ2v) is 3.42. The molecule has 1 saturated heterocycles. The Hall–Kier alpha value is -0.120. The minimum Gasteiger partial charge on any atom is -0.286 e. The van der Waals surface area contributed by atoms with Gasteiger partial charge < -0.3 is 0 Å². The molecule has 0 radical (unpaired) electrons. The zero-order valence-corrected chi connectivity index (χ0v) is 7.42. The average Bonchev–Trinajstić information content (AvgIpc) is 2.04. The van der Waals surface area contributed by atoms with Gasteiger partial charge in [0.15, 0.2) is 0 Å². The summed E-state index contributed by atoms with van der Waals surface area (Å²) >= 11 is 0. The zero-order valence-electron chi connectivity index (χ0n) is 7.42. The average molecular weight is 158 g/mol. The van der Waals surface area contributed by atoms with Crippen molar-refractivity contribution in [3.05, 3.63) is 0 Å². The highest BCUT2D eigenvalue weighted by Gasteiger charge is 2.24. The third kappa shape index (κ3) is 2.15. The Morgan fingerprint density at radius 1 is 1.45 bits per heavy atom. The van der Waals surface area contributed by atoms with Crippen molar-refractivity contribution in [2.24, 2.45) is 5.90 Å². The van der Waals surface area contributed by atoms with Gasteiger partial charge in [0.05, 0.1) is 0 Å². The fourth-order valence-electron chi connectivity index (χ4n) is 1.66. The first-order valence-electron chi connectivity index (χ1n) is 4.37. The Kier molecular flexibility index (Phi) is 3.30. The van der Waals surface area contributed by atoms with Crippen molar-refractivity contribution in [2.45, 2.75) is 45.4 Å². The highest BCUT2D eigenvalue weighted by molar-refractivity contribution is 4.72. The van der Waals surface area contributed by atoms with Crippen LogP contribution in [0.15, 0.2) is 0 Å². The SMILES string of the molecule is CC(C)N1CCCCC1ON. The predicted octanol–water partition coefficient (Wildman–Crippen LogP) is 1.10. The van der Waals surface area contributed by atoms with Gasteiger partial charge in [-0.2, -0.15) is 0 Å². The molecule has 1 fully saturated rings. The van der Waals surface area contributed by atoms with E-state index in [0.29, 0.717) is 6.04 Å². The van der Waals surface area contributed by atoms with E-state index >= 15 is 0 Å². The maximum atomic E-state index is 5.19. The van der Waals surface area contributed by atoms with E-state index in [1.165, 1.54) is 12.8 Å². The lowest BCUT2D eigenvalue weighted by Crippen LogP contribution is -2.46. The van der Waals surface area contributed by atoms with E-state index in [1.54, 1.807) is 0 Å². The quantitative estimate of drug-likeness (QED) is 0.611. The van der Waals surface area contributed by atoms with Crippen LogP contribution < -0.4 is 5.90 Å². The summed E-state index contributed by atoms with van der Waals surface area (Å²) in [6.07, 6.45) is 3.75. The molecule has 0 aromatic rings. The second-order valence-electron chi connectivity index (χ2n) is 3.42. The summed E-state index contributed by atoms with van der Waals surface area (Å²) in [6.45, 7) is 5.48. The normalized spacial score (nSPS) is 27.8. The highest BCUT2D eigenvalue weighted by atomic mass is 16.6. The van der Waals surface area contributed by atoms with Gasteiger partial charge in [0.25, 0.3) is 0 Å². The first-order valence-corrected chi connectivity index (χ1v) is 4.37. The lowest BCUT2D eigenvalue weighted by molar-refractivity contribution is -0.0951. The number of hydrogen-bond acceptors (Lipinski definition) is 3. The van der Waals surface area contributed by atoms with E-state index < -0.39 is 0 Å². The van der Waals surface area contributed by atoms with E-state index in [-0.39, 0.29) is 6.23 Å². The van der Waals surface area contributed by atoms with E-state index in [1.807, 2.05) is 0 Å². The molecule has 0 aromatic carbocycles. The molecule has 1 atom stereocenters. The number of rotatable bonds is 2. The van der Waals surface area contributed by atoms with Crippen LogP contribution in [0.25, 0.3) is 0 Å². The third-order valence-corrected chi connectivity index (χ3v) is 2.31. The molecular formula is C8H18N2O. The topological polar surface area (TPSA) is 38.5 Å². The smallest absolute Gasteiger partial charge is 0.132 e. The maximum Gasteiger partial charge on any atom is 0.132 e. The van der Waals surface area contributed by atoms with Crippen LogP contribution in [0.5, 0.6) is 0 Å². The number of likely N-dealkylation sites (tertiary alicyclic amines) is 1. The number of nitrogens with zero attached hydrogens (tertiary/aromatic N) is 1. The van der Waals surface area contributed by atoms with Crippen LogP contribution >= 0.6 is 0 Å². The van der Waals surface area contributed by atoms with Crippen molar-refractivity contribution in [2.75, 3.05) is 6.54 Å². The summed E-state index contributed by atoms with van der Waals surface area (Å²) in [5, 5.41) is 0. The van der Waals surface area contributed by atoms with Crippen molar-refractivity contribution >= 4 is 0 Å². The molecule has 1 heterocycles. The predicted molar refractivity (Wildman–Crippen MR) is 44.8 cm³/mol. The molecule has 1 aliphatic heterocycles. The highest BCUT2D eigenvalue weighted by Crippen LogP contribution is 2.18. The molecular weight excluding hydrogens is 140 g/mol. The van der Waals surface area contributed by atoms with Gasteiger partial charge in [-0.15, -0.1) is 0 Å². The van der Waals surface area contributed by atoms with Gasteiger partial charge in [-0.3, -0.25) is 9.74 Å². The summed E-state index contributed by atoms with van der Waals surface area (Å²) in [7, 11) is 0. The summed E-state index contributed by atoms with van der Waals surface area (Å²) in [5.74, 6) is 5.19.